The highest BCUT2D eigenvalue weighted by Gasteiger charge is 2.15. The Labute approximate surface area is 101 Å². The van der Waals surface area contributed by atoms with E-state index >= 15 is 0 Å². The largest absolute Gasteiger partial charge is 0.478 e. The van der Waals surface area contributed by atoms with E-state index in [4.69, 9.17) is 5.11 Å². The van der Waals surface area contributed by atoms with E-state index in [0.29, 0.717) is 11.6 Å². The van der Waals surface area contributed by atoms with Crippen molar-refractivity contribution in [1.29, 1.82) is 0 Å². The van der Waals surface area contributed by atoms with Crippen LogP contribution in [0.4, 0.5) is 5.69 Å². The van der Waals surface area contributed by atoms with Crippen molar-refractivity contribution in [3.05, 3.63) is 29.3 Å². The Balaban J connectivity index is 2.15. The fraction of sp³-hybridized carbons (Fsp3) is 0.462. The van der Waals surface area contributed by atoms with Crippen LogP contribution in [-0.4, -0.2) is 30.2 Å². The fourth-order valence-electron chi connectivity index (χ4n) is 2.21. The van der Waals surface area contributed by atoms with Gasteiger partial charge in [0.2, 0.25) is 0 Å². The van der Waals surface area contributed by atoms with Crippen molar-refractivity contribution in [2.24, 2.45) is 0 Å². The predicted octanol–water partition coefficient (Wildman–Crippen LogP) is 1.86. The van der Waals surface area contributed by atoms with Crippen molar-refractivity contribution in [3.8, 4) is 0 Å². The Bertz CT molecular complexity index is 412. The summed E-state index contributed by atoms with van der Waals surface area (Å²) in [6.07, 6.45) is 2.16. The number of hydrogen-bond acceptors (Lipinski definition) is 3. The second-order valence-corrected chi connectivity index (χ2v) is 4.45. The average molecular weight is 234 g/mol. The summed E-state index contributed by atoms with van der Waals surface area (Å²) in [7, 11) is 0. The number of carboxylic acid groups (broad SMARTS) is 1. The lowest BCUT2D eigenvalue weighted by atomic mass is 10.0. The van der Waals surface area contributed by atoms with Gasteiger partial charge >= 0.3 is 5.97 Å². The molecule has 0 aliphatic carbocycles. The molecule has 2 rings (SSSR count). The van der Waals surface area contributed by atoms with Gasteiger partial charge in [-0.2, -0.15) is 0 Å². The van der Waals surface area contributed by atoms with Crippen LogP contribution in [-0.2, 0) is 0 Å². The van der Waals surface area contributed by atoms with Crippen molar-refractivity contribution in [2.75, 3.05) is 18.4 Å². The van der Waals surface area contributed by atoms with Gasteiger partial charge in [-0.1, -0.05) is 6.07 Å². The highest BCUT2D eigenvalue weighted by Crippen LogP contribution is 2.21. The summed E-state index contributed by atoms with van der Waals surface area (Å²) in [5, 5.41) is 15.8. The molecule has 1 aliphatic rings. The van der Waals surface area contributed by atoms with Crippen molar-refractivity contribution < 1.29 is 9.90 Å². The van der Waals surface area contributed by atoms with E-state index < -0.39 is 5.97 Å². The van der Waals surface area contributed by atoms with Crippen LogP contribution in [0.25, 0.3) is 0 Å². The molecule has 0 radical (unpaired) electrons. The first kappa shape index (κ1) is 11.9. The van der Waals surface area contributed by atoms with Gasteiger partial charge in [0.05, 0.1) is 5.56 Å². The van der Waals surface area contributed by atoms with Gasteiger partial charge in [0.1, 0.15) is 0 Å². The van der Waals surface area contributed by atoms with Gasteiger partial charge in [0.15, 0.2) is 0 Å². The minimum absolute atomic E-state index is 0.379. The van der Waals surface area contributed by atoms with E-state index in [0.717, 1.165) is 37.2 Å². The molecular weight excluding hydrogens is 216 g/mol. The number of carboxylic acids is 1. The number of carbonyl (C=O) groups is 1. The topological polar surface area (TPSA) is 61.4 Å². The molecule has 1 aromatic rings. The standard InChI is InChI=1S/C13H18N2O2/c1-9-11(13(16)17)3-2-4-12(9)15-10-5-7-14-8-6-10/h2-4,10,14-15H,5-8H2,1H3,(H,16,17). The van der Waals surface area contributed by atoms with E-state index in [2.05, 4.69) is 10.6 Å². The Morgan fingerprint density at radius 1 is 1.41 bits per heavy atom. The number of rotatable bonds is 3. The first-order valence-corrected chi connectivity index (χ1v) is 5.98. The molecule has 3 N–H and O–H groups in total. The highest BCUT2D eigenvalue weighted by atomic mass is 16.4. The monoisotopic (exact) mass is 234 g/mol. The molecule has 1 aromatic carbocycles. The lowest BCUT2D eigenvalue weighted by Gasteiger charge is -2.25. The molecule has 92 valence electrons. The molecule has 4 nitrogen and oxygen atoms in total. The summed E-state index contributed by atoms with van der Waals surface area (Å²) in [6.45, 7) is 3.90. The lowest BCUT2D eigenvalue weighted by Crippen LogP contribution is -2.35. The van der Waals surface area contributed by atoms with Gasteiger partial charge in [-0.05, 0) is 50.6 Å². The van der Waals surface area contributed by atoms with Gasteiger partial charge in [-0.25, -0.2) is 4.79 Å². The van der Waals surface area contributed by atoms with E-state index in [-0.39, 0.29) is 0 Å². The Morgan fingerprint density at radius 2 is 2.12 bits per heavy atom. The molecule has 0 bridgehead atoms. The number of piperidine rings is 1. The van der Waals surface area contributed by atoms with Crippen molar-refractivity contribution in [1.82, 2.24) is 5.32 Å². The number of aromatic carboxylic acids is 1. The van der Waals surface area contributed by atoms with Crippen molar-refractivity contribution in [2.45, 2.75) is 25.8 Å². The third-order valence-corrected chi connectivity index (χ3v) is 3.26. The number of hydrogen-bond donors (Lipinski definition) is 3. The SMILES string of the molecule is Cc1c(NC2CCNCC2)cccc1C(=O)O. The van der Waals surface area contributed by atoms with E-state index in [9.17, 15) is 4.79 Å². The summed E-state index contributed by atoms with van der Waals surface area (Å²) in [4.78, 5) is 11.0. The number of benzene rings is 1. The second-order valence-electron chi connectivity index (χ2n) is 4.45. The molecule has 1 saturated heterocycles. The zero-order chi connectivity index (χ0) is 12.3. The molecule has 0 spiro atoms. The fourth-order valence-corrected chi connectivity index (χ4v) is 2.21. The van der Waals surface area contributed by atoms with Crippen molar-refractivity contribution >= 4 is 11.7 Å². The van der Waals surface area contributed by atoms with Crippen LogP contribution in [0, 0.1) is 6.92 Å². The van der Waals surface area contributed by atoms with Gasteiger partial charge < -0.3 is 15.7 Å². The number of anilines is 1. The van der Waals surface area contributed by atoms with Crippen LogP contribution in [0.1, 0.15) is 28.8 Å². The summed E-state index contributed by atoms with van der Waals surface area (Å²) >= 11 is 0. The second kappa shape index (κ2) is 5.19. The third-order valence-electron chi connectivity index (χ3n) is 3.26. The molecule has 1 fully saturated rings. The zero-order valence-electron chi connectivity index (χ0n) is 9.99. The molecule has 0 saturated carbocycles. The molecule has 1 aliphatic heterocycles. The molecule has 17 heavy (non-hydrogen) atoms. The van der Waals surface area contributed by atoms with Crippen LogP contribution in [0.5, 0.6) is 0 Å². The molecule has 0 atom stereocenters. The average Bonchev–Trinajstić information content (AvgIpc) is 2.33. The maximum absolute atomic E-state index is 11.0. The molecule has 0 aromatic heterocycles. The molecular formula is C13H18N2O2. The summed E-state index contributed by atoms with van der Waals surface area (Å²) in [5.41, 5.74) is 2.14. The minimum Gasteiger partial charge on any atom is -0.478 e. The molecule has 0 amide bonds. The van der Waals surface area contributed by atoms with Crippen LogP contribution in [0.2, 0.25) is 0 Å². The molecule has 4 heteroatoms. The van der Waals surface area contributed by atoms with Crippen LogP contribution in [0.15, 0.2) is 18.2 Å². The quantitative estimate of drug-likeness (QED) is 0.747. The third kappa shape index (κ3) is 2.77. The summed E-state index contributed by atoms with van der Waals surface area (Å²) in [5.74, 6) is -0.864. The van der Waals surface area contributed by atoms with Crippen LogP contribution < -0.4 is 10.6 Å². The van der Waals surface area contributed by atoms with Crippen LogP contribution in [0.3, 0.4) is 0 Å². The molecule has 0 unspecified atom stereocenters. The smallest absolute Gasteiger partial charge is 0.336 e. The summed E-state index contributed by atoms with van der Waals surface area (Å²) < 4.78 is 0. The number of nitrogens with one attached hydrogen (secondary N) is 2. The van der Waals surface area contributed by atoms with E-state index in [1.807, 2.05) is 13.0 Å². The normalized spacial score (nSPS) is 16.8. The van der Waals surface area contributed by atoms with Gasteiger partial charge in [-0.15, -0.1) is 0 Å². The van der Waals surface area contributed by atoms with Gasteiger partial charge in [0, 0.05) is 11.7 Å². The molecule has 1 heterocycles. The maximum atomic E-state index is 11.0. The minimum atomic E-state index is -0.864. The van der Waals surface area contributed by atoms with Crippen LogP contribution >= 0.6 is 0 Å². The maximum Gasteiger partial charge on any atom is 0.336 e. The van der Waals surface area contributed by atoms with E-state index in [1.54, 1.807) is 12.1 Å². The first-order chi connectivity index (χ1) is 8.18. The first-order valence-electron chi connectivity index (χ1n) is 5.98. The van der Waals surface area contributed by atoms with E-state index in [1.165, 1.54) is 0 Å². The van der Waals surface area contributed by atoms with Gasteiger partial charge in [-0.3, -0.25) is 0 Å². The Morgan fingerprint density at radius 3 is 2.76 bits per heavy atom. The highest BCUT2D eigenvalue weighted by molar-refractivity contribution is 5.91. The predicted molar refractivity (Wildman–Crippen MR) is 67.7 cm³/mol. The zero-order valence-corrected chi connectivity index (χ0v) is 9.99. The van der Waals surface area contributed by atoms with Gasteiger partial charge in [0.25, 0.3) is 0 Å². The lowest BCUT2D eigenvalue weighted by molar-refractivity contribution is 0.0696. The Kier molecular flexibility index (Phi) is 3.64. The van der Waals surface area contributed by atoms with Crippen molar-refractivity contribution in [3.63, 3.8) is 0 Å². The summed E-state index contributed by atoms with van der Waals surface area (Å²) in [6, 6.07) is 5.83. The Hall–Kier alpha value is -1.55.